The number of rotatable bonds is 3. The summed E-state index contributed by atoms with van der Waals surface area (Å²) in [7, 11) is 0. The van der Waals surface area contributed by atoms with Crippen molar-refractivity contribution in [3.05, 3.63) is 108 Å². The molecule has 0 aliphatic rings. The van der Waals surface area contributed by atoms with Gasteiger partial charge in [-0.1, -0.05) is 72.5 Å². The largest absolute Gasteiger partial charge is 0.573 e. The van der Waals surface area contributed by atoms with E-state index in [9.17, 15) is 13.2 Å². The van der Waals surface area contributed by atoms with Crippen molar-refractivity contribution >= 4 is 5.57 Å². The number of benzene rings is 3. The predicted molar refractivity (Wildman–Crippen MR) is 100.0 cm³/mol. The van der Waals surface area contributed by atoms with Crippen molar-refractivity contribution in [1.29, 1.82) is 0 Å². The van der Waals surface area contributed by atoms with Crippen LogP contribution in [-0.4, -0.2) is 6.36 Å². The highest BCUT2D eigenvalue weighted by molar-refractivity contribution is 5.81. The van der Waals surface area contributed by atoms with Crippen LogP contribution < -0.4 is 4.74 Å². The van der Waals surface area contributed by atoms with Crippen molar-refractivity contribution in [3.8, 4) is 17.6 Å². The highest BCUT2D eigenvalue weighted by atomic mass is 19.4. The molecule has 0 heterocycles. The van der Waals surface area contributed by atoms with Crippen LogP contribution in [0.1, 0.15) is 16.7 Å². The maximum atomic E-state index is 12.2. The molecule has 0 aromatic heterocycles. The Morgan fingerprint density at radius 1 is 0.741 bits per heavy atom. The van der Waals surface area contributed by atoms with Gasteiger partial charge in [0.15, 0.2) is 0 Å². The molecule has 0 bridgehead atoms. The van der Waals surface area contributed by atoms with Gasteiger partial charge in [0, 0.05) is 5.56 Å². The fourth-order valence-corrected chi connectivity index (χ4v) is 2.50. The molecule has 3 rings (SSSR count). The van der Waals surface area contributed by atoms with E-state index in [4.69, 9.17) is 0 Å². The smallest absolute Gasteiger partial charge is 0.406 e. The van der Waals surface area contributed by atoms with Crippen LogP contribution >= 0.6 is 0 Å². The lowest BCUT2D eigenvalue weighted by atomic mass is 9.98. The van der Waals surface area contributed by atoms with Gasteiger partial charge in [-0.3, -0.25) is 0 Å². The van der Waals surface area contributed by atoms with Crippen LogP contribution in [0, 0.1) is 11.8 Å². The summed E-state index contributed by atoms with van der Waals surface area (Å²) in [6.07, 6.45) is -2.89. The maximum absolute atomic E-state index is 12.2. The second-order valence-corrected chi connectivity index (χ2v) is 5.63. The Morgan fingerprint density at radius 2 is 1.26 bits per heavy atom. The van der Waals surface area contributed by atoms with Gasteiger partial charge in [-0.2, -0.15) is 0 Å². The lowest BCUT2D eigenvalue weighted by Crippen LogP contribution is -2.16. The second-order valence-electron chi connectivity index (χ2n) is 5.63. The van der Waals surface area contributed by atoms with Crippen molar-refractivity contribution in [2.24, 2.45) is 0 Å². The average Bonchev–Trinajstić information content (AvgIpc) is 2.67. The van der Waals surface area contributed by atoms with Crippen molar-refractivity contribution in [1.82, 2.24) is 0 Å². The van der Waals surface area contributed by atoms with Crippen LogP contribution in [0.15, 0.2) is 91.0 Å². The Morgan fingerprint density at radius 3 is 1.74 bits per heavy atom. The number of halogens is 3. The molecule has 0 aliphatic carbocycles. The zero-order chi connectivity index (χ0) is 19.1. The quantitative estimate of drug-likeness (QED) is 0.513. The van der Waals surface area contributed by atoms with E-state index < -0.39 is 6.36 Å². The first kappa shape index (κ1) is 18.3. The minimum Gasteiger partial charge on any atom is -0.406 e. The second kappa shape index (κ2) is 8.29. The van der Waals surface area contributed by atoms with Gasteiger partial charge in [0.1, 0.15) is 5.75 Å². The minimum atomic E-state index is -4.70. The van der Waals surface area contributed by atoms with Gasteiger partial charge in [0.05, 0.1) is 0 Å². The monoisotopic (exact) mass is 364 g/mol. The molecule has 4 heteroatoms. The van der Waals surface area contributed by atoms with Gasteiger partial charge >= 0.3 is 6.36 Å². The Hall–Kier alpha value is -3.45. The third-order valence-corrected chi connectivity index (χ3v) is 3.69. The highest BCUT2D eigenvalue weighted by Crippen LogP contribution is 2.24. The normalized spacial score (nSPS) is 10.5. The van der Waals surface area contributed by atoms with E-state index in [1.165, 1.54) is 24.3 Å². The molecular weight excluding hydrogens is 349 g/mol. The predicted octanol–water partition coefficient (Wildman–Crippen LogP) is 6.07. The van der Waals surface area contributed by atoms with Gasteiger partial charge in [-0.05, 0) is 47.0 Å². The molecule has 134 valence electrons. The minimum absolute atomic E-state index is 0.266. The van der Waals surface area contributed by atoms with Crippen molar-refractivity contribution < 1.29 is 17.9 Å². The van der Waals surface area contributed by atoms with E-state index in [0.717, 1.165) is 16.7 Å². The molecule has 3 aromatic rings. The summed E-state index contributed by atoms with van der Waals surface area (Å²) in [5.74, 6) is 5.67. The summed E-state index contributed by atoms with van der Waals surface area (Å²) in [5.41, 5.74) is 3.64. The third kappa shape index (κ3) is 5.52. The van der Waals surface area contributed by atoms with Gasteiger partial charge in [0.25, 0.3) is 0 Å². The summed E-state index contributed by atoms with van der Waals surface area (Å²) >= 11 is 0. The Balaban J connectivity index is 1.86. The van der Waals surface area contributed by atoms with Crippen LogP contribution in [0.4, 0.5) is 13.2 Å². The zero-order valence-corrected chi connectivity index (χ0v) is 14.2. The summed E-state index contributed by atoms with van der Waals surface area (Å²) in [6.45, 7) is 0. The molecule has 0 spiro atoms. The van der Waals surface area contributed by atoms with Gasteiger partial charge in [-0.15, -0.1) is 13.2 Å². The fourth-order valence-electron chi connectivity index (χ4n) is 2.50. The molecule has 0 amide bonds. The fraction of sp³-hybridized carbons (Fsp3) is 0.0435. The molecule has 0 N–H and O–H groups in total. The first-order chi connectivity index (χ1) is 13.0. The number of hydrogen-bond acceptors (Lipinski definition) is 1. The van der Waals surface area contributed by atoms with Crippen LogP contribution in [0.3, 0.4) is 0 Å². The molecule has 0 radical (unpaired) electrons. The Labute approximate surface area is 155 Å². The van der Waals surface area contributed by atoms with E-state index in [0.29, 0.717) is 5.56 Å². The van der Waals surface area contributed by atoms with Crippen LogP contribution in [0.5, 0.6) is 5.75 Å². The number of ether oxygens (including phenoxy) is 1. The van der Waals surface area contributed by atoms with Crippen LogP contribution in [0.2, 0.25) is 0 Å². The van der Waals surface area contributed by atoms with E-state index in [-0.39, 0.29) is 5.75 Å². The molecule has 0 saturated carbocycles. The zero-order valence-electron chi connectivity index (χ0n) is 14.2. The highest BCUT2D eigenvalue weighted by Gasteiger charge is 2.30. The molecule has 0 atom stereocenters. The molecule has 3 aromatic carbocycles. The number of allylic oxidation sites excluding steroid dienone is 1. The Bertz CT molecular complexity index is 920. The standard InChI is InChI=1S/C23H15F3O/c24-23(25,26)27-21-16-14-18(15-17-21)8-7-13-22(19-9-3-1-4-10-19)20-11-5-2-6-12-20/h1-6,9-17H. The molecular formula is C23H15F3O. The third-order valence-electron chi connectivity index (χ3n) is 3.69. The van der Waals surface area contributed by atoms with Crippen LogP contribution in [-0.2, 0) is 0 Å². The van der Waals surface area contributed by atoms with Crippen molar-refractivity contribution in [2.45, 2.75) is 6.36 Å². The summed E-state index contributed by atoms with van der Waals surface area (Å²) in [4.78, 5) is 0. The molecule has 27 heavy (non-hydrogen) atoms. The topological polar surface area (TPSA) is 9.23 Å². The molecule has 0 aliphatic heterocycles. The molecule has 0 unspecified atom stereocenters. The maximum Gasteiger partial charge on any atom is 0.573 e. The van der Waals surface area contributed by atoms with E-state index in [1.807, 2.05) is 66.7 Å². The lowest BCUT2D eigenvalue weighted by Gasteiger charge is -2.08. The van der Waals surface area contributed by atoms with Crippen molar-refractivity contribution in [2.75, 3.05) is 0 Å². The SMILES string of the molecule is FC(F)(F)Oc1ccc(C#CC=C(c2ccccc2)c2ccccc2)cc1. The lowest BCUT2D eigenvalue weighted by molar-refractivity contribution is -0.274. The van der Waals surface area contributed by atoms with E-state index in [2.05, 4.69) is 16.6 Å². The molecule has 0 fully saturated rings. The van der Waals surface area contributed by atoms with Gasteiger partial charge in [0.2, 0.25) is 0 Å². The molecule has 1 nitrogen and oxygen atoms in total. The first-order valence-electron chi connectivity index (χ1n) is 8.20. The summed E-state index contributed by atoms with van der Waals surface area (Å²) < 4.78 is 40.4. The Kier molecular flexibility index (Phi) is 5.63. The van der Waals surface area contributed by atoms with E-state index in [1.54, 1.807) is 0 Å². The average molecular weight is 364 g/mol. The summed E-state index contributed by atoms with van der Waals surface area (Å²) in [5, 5.41) is 0. The van der Waals surface area contributed by atoms with Gasteiger partial charge < -0.3 is 4.74 Å². The number of alkyl halides is 3. The first-order valence-corrected chi connectivity index (χ1v) is 8.20. The van der Waals surface area contributed by atoms with Crippen molar-refractivity contribution in [3.63, 3.8) is 0 Å². The van der Waals surface area contributed by atoms with Gasteiger partial charge in [-0.25, -0.2) is 0 Å². The molecule has 0 saturated heterocycles. The van der Waals surface area contributed by atoms with Crippen LogP contribution in [0.25, 0.3) is 5.57 Å². The number of hydrogen-bond donors (Lipinski definition) is 0. The van der Waals surface area contributed by atoms with E-state index >= 15 is 0 Å². The summed E-state index contributed by atoms with van der Waals surface area (Å²) in [6, 6.07) is 25.2.